The molecule has 0 heterocycles. The first-order valence-corrected chi connectivity index (χ1v) is 6.78. The van der Waals surface area contributed by atoms with E-state index in [1.54, 1.807) is 24.3 Å². The number of non-ortho nitro benzene ring substituents is 1. The highest BCUT2D eigenvalue weighted by molar-refractivity contribution is 9.10. The number of halogens is 2. The first-order chi connectivity index (χ1) is 9.49. The van der Waals surface area contributed by atoms with Crippen molar-refractivity contribution in [3.63, 3.8) is 0 Å². The Kier molecular flexibility index (Phi) is 4.59. The van der Waals surface area contributed by atoms with Crippen LogP contribution in [0.25, 0.3) is 0 Å². The average Bonchev–Trinajstić information content (AvgIpc) is 2.40. The van der Waals surface area contributed by atoms with Crippen molar-refractivity contribution in [1.29, 1.82) is 0 Å². The van der Waals surface area contributed by atoms with Gasteiger partial charge in [0.15, 0.2) is 0 Å². The van der Waals surface area contributed by atoms with Crippen molar-refractivity contribution in [3.8, 4) is 11.5 Å². The molecule has 0 aliphatic carbocycles. The molecule has 104 valence electrons. The largest absolute Gasteiger partial charge is 0.457 e. The molecule has 5 nitrogen and oxygen atoms in total. The Morgan fingerprint density at radius 3 is 2.70 bits per heavy atom. The van der Waals surface area contributed by atoms with Gasteiger partial charge in [-0.25, -0.2) is 0 Å². The fraction of sp³-hybridized carbons (Fsp3) is 0.0769. The number of nitrogens with two attached hydrogens (primary N) is 1. The third-order valence-corrected chi connectivity index (χ3v) is 3.23. The molecule has 0 amide bonds. The van der Waals surface area contributed by atoms with Crippen LogP contribution in [0.15, 0.2) is 40.9 Å². The molecule has 0 aliphatic rings. The third kappa shape index (κ3) is 3.47. The SMILES string of the molecule is NCc1cc(Cl)ccc1Oc1cc(Br)cc([N+](=O)[O-])c1. The molecular formula is C13H10BrClN2O3. The maximum Gasteiger partial charge on any atom is 0.274 e. The highest BCUT2D eigenvalue weighted by atomic mass is 79.9. The standard InChI is InChI=1S/C13H10BrClN2O3/c14-9-4-11(17(18)19)6-12(5-9)20-13-2-1-10(15)3-8(13)7-16/h1-6H,7,16H2. The van der Waals surface area contributed by atoms with Gasteiger partial charge in [-0.3, -0.25) is 10.1 Å². The molecule has 0 saturated carbocycles. The molecular weight excluding hydrogens is 348 g/mol. The number of nitrogens with zero attached hydrogens (tertiary/aromatic N) is 1. The topological polar surface area (TPSA) is 78.4 Å². The van der Waals surface area contributed by atoms with E-state index in [1.807, 2.05) is 0 Å². The van der Waals surface area contributed by atoms with Gasteiger partial charge in [-0.15, -0.1) is 0 Å². The number of hydrogen-bond donors (Lipinski definition) is 1. The third-order valence-electron chi connectivity index (χ3n) is 2.54. The average molecular weight is 358 g/mol. The van der Waals surface area contributed by atoms with Crippen LogP contribution < -0.4 is 10.5 Å². The number of nitro groups is 1. The molecule has 2 aromatic carbocycles. The molecule has 0 bridgehead atoms. The fourth-order valence-electron chi connectivity index (χ4n) is 1.65. The van der Waals surface area contributed by atoms with Crippen molar-refractivity contribution in [1.82, 2.24) is 0 Å². The predicted molar refractivity (Wildman–Crippen MR) is 80.2 cm³/mol. The maximum atomic E-state index is 10.8. The van der Waals surface area contributed by atoms with Crippen molar-refractivity contribution in [2.45, 2.75) is 6.54 Å². The molecule has 0 radical (unpaired) electrons. The van der Waals surface area contributed by atoms with Crippen LogP contribution in [0, 0.1) is 10.1 Å². The molecule has 0 fully saturated rings. The number of rotatable bonds is 4. The summed E-state index contributed by atoms with van der Waals surface area (Å²) in [6.07, 6.45) is 0. The quantitative estimate of drug-likeness (QED) is 0.655. The first-order valence-electron chi connectivity index (χ1n) is 5.61. The zero-order valence-corrected chi connectivity index (χ0v) is 12.5. The summed E-state index contributed by atoms with van der Waals surface area (Å²) in [4.78, 5) is 10.3. The number of benzene rings is 2. The Hall–Kier alpha value is -1.63. The van der Waals surface area contributed by atoms with Gasteiger partial charge in [0, 0.05) is 27.7 Å². The van der Waals surface area contributed by atoms with Crippen molar-refractivity contribution in [2.24, 2.45) is 5.73 Å². The Balaban J connectivity index is 2.37. The normalized spacial score (nSPS) is 10.3. The van der Waals surface area contributed by atoms with Crippen molar-refractivity contribution in [3.05, 3.63) is 61.6 Å². The minimum Gasteiger partial charge on any atom is -0.457 e. The summed E-state index contributed by atoms with van der Waals surface area (Å²) in [7, 11) is 0. The number of ether oxygens (including phenoxy) is 1. The minimum absolute atomic E-state index is 0.0577. The maximum absolute atomic E-state index is 10.8. The van der Waals surface area contributed by atoms with Gasteiger partial charge < -0.3 is 10.5 Å². The van der Waals surface area contributed by atoms with Gasteiger partial charge >= 0.3 is 0 Å². The molecule has 7 heteroatoms. The van der Waals surface area contributed by atoms with Gasteiger partial charge in [0.1, 0.15) is 11.5 Å². The lowest BCUT2D eigenvalue weighted by molar-refractivity contribution is -0.385. The molecule has 2 aromatic rings. The van der Waals surface area contributed by atoms with Crippen molar-refractivity contribution >= 4 is 33.2 Å². The number of hydrogen-bond acceptors (Lipinski definition) is 4. The van der Waals surface area contributed by atoms with Crippen LogP contribution in [0.1, 0.15) is 5.56 Å². The smallest absolute Gasteiger partial charge is 0.274 e. The van der Waals surface area contributed by atoms with Gasteiger partial charge in [-0.05, 0) is 24.3 Å². The van der Waals surface area contributed by atoms with E-state index < -0.39 is 4.92 Å². The predicted octanol–water partition coefficient (Wildman–Crippen LogP) is 4.26. The number of nitro benzene ring substituents is 1. The van der Waals surface area contributed by atoms with E-state index in [2.05, 4.69) is 15.9 Å². The van der Waals surface area contributed by atoms with Gasteiger partial charge in [0.25, 0.3) is 5.69 Å². The fourth-order valence-corrected chi connectivity index (χ4v) is 2.30. The van der Waals surface area contributed by atoms with E-state index in [-0.39, 0.29) is 12.2 Å². The first kappa shape index (κ1) is 14.8. The highest BCUT2D eigenvalue weighted by Crippen LogP contribution is 2.32. The molecule has 0 unspecified atom stereocenters. The Labute approximate surface area is 128 Å². The zero-order chi connectivity index (χ0) is 14.7. The monoisotopic (exact) mass is 356 g/mol. The highest BCUT2D eigenvalue weighted by Gasteiger charge is 2.11. The summed E-state index contributed by atoms with van der Waals surface area (Å²) in [6.45, 7) is 0.256. The summed E-state index contributed by atoms with van der Waals surface area (Å²) in [5.41, 5.74) is 6.29. The van der Waals surface area contributed by atoms with Crippen LogP contribution >= 0.6 is 27.5 Å². The van der Waals surface area contributed by atoms with E-state index in [0.717, 1.165) is 5.56 Å². The van der Waals surface area contributed by atoms with Gasteiger partial charge in [-0.2, -0.15) is 0 Å². The second kappa shape index (κ2) is 6.21. The van der Waals surface area contributed by atoms with Gasteiger partial charge in [-0.1, -0.05) is 27.5 Å². The zero-order valence-electron chi connectivity index (χ0n) is 10.2. The van der Waals surface area contributed by atoms with Crippen LogP contribution in [0.4, 0.5) is 5.69 Å². The van der Waals surface area contributed by atoms with Gasteiger partial charge in [0.05, 0.1) is 11.0 Å². The van der Waals surface area contributed by atoms with Crippen LogP contribution in [0.3, 0.4) is 0 Å². The summed E-state index contributed by atoms with van der Waals surface area (Å²) < 4.78 is 6.21. The molecule has 0 atom stereocenters. The van der Waals surface area contributed by atoms with Gasteiger partial charge in [0.2, 0.25) is 0 Å². The second-order valence-electron chi connectivity index (χ2n) is 3.96. The van der Waals surface area contributed by atoms with Crippen LogP contribution in [-0.4, -0.2) is 4.92 Å². The van der Waals surface area contributed by atoms with E-state index in [4.69, 9.17) is 22.1 Å². The second-order valence-corrected chi connectivity index (χ2v) is 5.31. The van der Waals surface area contributed by atoms with E-state index in [9.17, 15) is 10.1 Å². The van der Waals surface area contributed by atoms with Crippen LogP contribution in [0.2, 0.25) is 5.02 Å². The molecule has 0 aromatic heterocycles. The molecule has 0 spiro atoms. The molecule has 0 saturated heterocycles. The van der Waals surface area contributed by atoms with Crippen LogP contribution in [0.5, 0.6) is 11.5 Å². The minimum atomic E-state index is -0.483. The molecule has 2 N–H and O–H groups in total. The Morgan fingerprint density at radius 1 is 1.30 bits per heavy atom. The Bertz CT molecular complexity index is 664. The van der Waals surface area contributed by atoms with Crippen molar-refractivity contribution in [2.75, 3.05) is 0 Å². The summed E-state index contributed by atoms with van der Waals surface area (Å²) in [6, 6.07) is 9.43. The lowest BCUT2D eigenvalue weighted by Crippen LogP contribution is -1.99. The molecule has 0 aliphatic heterocycles. The Morgan fingerprint density at radius 2 is 2.05 bits per heavy atom. The van der Waals surface area contributed by atoms with Crippen molar-refractivity contribution < 1.29 is 9.66 Å². The van der Waals surface area contributed by atoms with E-state index in [1.165, 1.54) is 12.1 Å². The lowest BCUT2D eigenvalue weighted by atomic mass is 10.2. The summed E-state index contributed by atoms with van der Waals surface area (Å²) in [5, 5.41) is 11.4. The van der Waals surface area contributed by atoms with E-state index in [0.29, 0.717) is 21.0 Å². The van der Waals surface area contributed by atoms with E-state index >= 15 is 0 Å². The summed E-state index contributed by atoms with van der Waals surface area (Å²) >= 11 is 9.09. The van der Waals surface area contributed by atoms with Crippen LogP contribution in [-0.2, 0) is 6.54 Å². The molecule has 2 rings (SSSR count). The lowest BCUT2D eigenvalue weighted by Gasteiger charge is -2.10. The summed E-state index contributed by atoms with van der Waals surface area (Å²) in [5.74, 6) is 0.868. The molecule has 20 heavy (non-hydrogen) atoms.